The molecular formula is C18H20BrNO3. The van der Waals surface area contributed by atoms with Gasteiger partial charge in [0.25, 0.3) is 5.91 Å². The summed E-state index contributed by atoms with van der Waals surface area (Å²) in [7, 11) is 0. The van der Waals surface area contributed by atoms with E-state index in [-0.39, 0.29) is 18.6 Å². The van der Waals surface area contributed by atoms with Crippen LogP contribution in [-0.4, -0.2) is 19.1 Å². The lowest BCUT2D eigenvalue weighted by Crippen LogP contribution is -2.31. The minimum Gasteiger partial charge on any atom is -0.494 e. The summed E-state index contributed by atoms with van der Waals surface area (Å²) in [4.78, 5) is 12.0. The van der Waals surface area contributed by atoms with Crippen molar-refractivity contribution in [1.82, 2.24) is 5.32 Å². The highest BCUT2D eigenvalue weighted by molar-refractivity contribution is 9.10. The van der Waals surface area contributed by atoms with Crippen molar-refractivity contribution in [3.63, 3.8) is 0 Å². The number of benzene rings is 2. The fraction of sp³-hybridized carbons (Fsp3) is 0.278. The van der Waals surface area contributed by atoms with Crippen molar-refractivity contribution < 1.29 is 14.3 Å². The second kappa shape index (κ2) is 8.58. The van der Waals surface area contributed by atoms with Gasteiger partial charge in [-0.1, -0.05) is 28.1 Å². The average molecular weight is 378 g/mol. The van der Waals surface area contributed by atoms with Crippen molar-refractivity contribution in [3.8, 4) is 11.5 Å². The predicted molar refractivity (Wildman–Crippen MR) is 93.8 cm³/mol. The van der Waals surface area contributed by atoms with Gasteiger partial charge in [0.15, 0.2) is 6.61 Å². The van der Waals surface area contributed by atoms with E-state index in [1.54, 1.807) is 0 Å². The molecule has 0 radical (unpaired) electrons. The molecule has 1 amide bonds. The Kier molecular flexibility index (Phi) is 6.47. The lowest BCUT2D eigenvalue weighted by Gasteiger charge is -2.15. The molecule has 1 unspecified atom stereocenters. The first-order chi connectivity index (χ1) is 11.1. The number of rotatable bonds is 7. The summed E-state index contributed by atoms with van der Waals surface area (Å²) in [5.74, 6) is 1.33. The third kappa shape index (κ3) is 5.60. The van der Waals surface area contributed by atoms with Crippen molar-refractivity contribution in [2.24, 2.45) is 0 Å². The van der Waals surface area contributed by atoms with E-state index in [0.717, 1.165) is 15.8 Å². The Morgan fingerprint density at radius 2 is 1.61 bits per heavy atom. The van der Waals surface area contributed by atoms with Gasteiger partial charge in [-0.3, -0.25) is 4.79 Å². The molecule has 4 nitrogen and oxygen atoms in total. The van der Waals surface area contributed by atoms with Crippen LogP contribution in [0.15, 0.2) is 53.0 Å². The minimum absolute atomic E-state index is 0.0109. The molecule has 2 rings (SSSR count). The van der Waals surface area contributed by atoms with Crippen LogP contribution < -0.4 is 14.8 Å². The Morgan fingerprint density at radius 1 is 1.04 bits per heavy atom. The zero-order chi connectivity index (χ0) is 16.7. The SMILES string of the molecule is CCOc1ccc(C(C)NC(=O)COc2ccc(Br)cc2)cc1. The topological polar surface area (TPSA) is 47.6 Å². The Morgan fingerprint density at radius 3 is 2.22 bits per heavy atom. The van der Waals surface area contributed by atoms with Crippen molar-refractivity contribution in [3.05, 3.63) is 58.6 Å². The van der Waals surface area contributed by atoms with Crippen molar-refractivity contribution >= 4 is 21.8 Å². The van der Waals surface area contributed by atoms with E-state index >= 15 is 0 Å². The molecule has 0 spiro atoms. The van der Waals surface area contributed by atoms with E-state index in [9.17, 15) is 4.79 Å². The second-order valence-electron chi connectivity index (χ2n) is 5.03. The molecule has 2 aromatic carbocycles. The first-order valence-corrected chi connectivity index (χ1v) is 8.28. The summed E-state index contributed by atoms with van der Waals surface area (Å²) < 4.78 is 11.8. The van der Waals surface area contributed by atoms with Gasteiger partial charge in [0, 0.05) is 4.47 Å². The van der Waals surface area contributed by atoms with E-state index < -0.39 is 0 Å². The van der Waals surface area contributed by atoms with E-state index in [2.05, 4.69) is 21.2 Å². The molecule has 2 aromatic rings. The molecule has 0 aliphatic rings. The molecule has 1 atom stereocenters. The van der Waals surface area contributed by atoms with Crippen LogP contribution in [0.3, 0.4) is 0 Å². The van der Waals surface area contributed by atoms with Crippen LogP contribution in [0, 0.1) is 0 Å². The largest absolute Gasteiger partial charge is 0.494 e. The summed E-state index contributed by atoms with van der Waals surface area (Å²) in [5.41, 5.74) is 1.02. The fourth-order valence-electron chi connectivity index (χ4n) is 2.07. The van der Waals surface area contributed by atoms with E-state index in [4.69, 9.17) is 9.47 Å². The molecule has 23 heavy (non-hydrogen) atoms. The number of nitrogens with one attached hydrogen (secondary N) is 1. The average Bonchev–Trinajstić information content (AvgIpc) is 2.55. The first-order valence-electron chi connectivity index (χ1n) is 7.49. The maximum absolute atomic E-state index is 12.0. The standard InChI is InChI=1S/C18H20BrNO3/c1-3-22-16-8-4-14(5-9-16)13(2)20-18(21)12-23-17-10-6-15(19)7-11-17/h4-11,13H,3,12H2,1-2H3,(H,20,21). The minimum atomic E-state index is -0.158. The van der Waals surface area contributed by atoms with Crippen molar-refractivity contribution in [2.45, 2.75) is 19.9 Å². The van der Waals surface area contributed by atoms with Gasteiger partial charge in [-0.05, 0) is 55.8 Å². The molecule has 1 N–H and O–H groups in total. The highest BCUT2D eigenvalue weighted by atomic mass is 79.9. The molecule has 0 aromatic heterocycles. The van der Waals surface area contributed by atoms with Gasteiger partial charge in [-0.25, -0.2) is 0 Å². The van der Waals surface area contributed by atoms with Crippen LogP contribution in [0.5, 0.6) is 11.5 Å². The number of amides is 1. The quantitative estimate of drug-likeness (QED) is 0.789. The Bertz CT molecular complexity index is 626. The van der Waals surface area contributed by atoms with Gasteiger partial charge in [-0.15, -0.1) is 0 Å². The summed E-state index contributed by atoms with van der Waals surface area (Å²) >= 11 is 3.36. The number of halogens is 1. The Hall–Kier alpha value is -2.01. The fourth-order valence-corrected chi connectivity index (χ4v) is 2.33. The normalized spacial score (nSPS) is 11.6. The smallest absolute Gasteiger partial charge is 0.258 e. The number of carbonyl (C=O) groups is 1. The summed E-state index contributed by atoms with van der Waals surface area (Å²) in [5, 5.41) is 2.92. The van der Waals surface area contributed by atoms with Gasteiger partial charge in [0.1, 0.15) is 11.5 Å². The van der Waals surface area contributed by atoms with Crippen molar-refractivity contribution in [1.29, 1.82) is 0 Å². The Labute approximate surface area is 144 Å². The molecule has 0 fully saturated rings. The third-order valence-electron chi connectivity index (χ3n) is 3.25. The van der Waals surface area contributed by atoms with Gasteiger partial charge in [-0.2, -0.15) is 0 Å². The highest BCUT2D eigenvalue weighted by Crippen LogP contribution is 2.18. The number of carbonyl (C=O) groups excluding carboxylic acids is 1. The van der Waals surface area contributed by atoms with Crippen LogP contribution in [0.1, 0.15) is 25.5 Å². The lowest BCUT2D eigenvalue weighted by molar-refractivity contribution is -0.123. The second-order valence-corrected chi connectivity index (χ2v) is 5.95. The molecule has 0 heterocycles. The van der Waals surface area contributed by atoms with Crippen LogP contribution in [0.25, 0.3) is 0 Å². The van der Waals surface area contributed by atoms with Gasteiger partial charge in [0.05, 0.1) is 12.6 Å². The zero-order valence-electron chi connectivity index (χ0n) is 13.2. The third-order valence-corrected chi connectivity index (χ3v) is 3.78. The van der Waals surface area contributed by atoms with E-state index in [1.165, 1.54) is 0 Å². The molecule has 0 aliphatic heterocycles. The maximum Gasteiger partial charge on any atom is 0.258 e. The molecule has 0 bridgehead atoms. The highest BCUT2D eigenvalue weighted by Gasteiger charge is 2.10. The van der Waals surface area contributed by atoms with Crippen LogP contribution in [0.4, 0.5) is 0 Å². The van der Waals surface area contributed by atoms with Crippen LogP contribution in [0.2, 0.25) is 0 Å². The first kappa shape index (κ1) is 17.3. The molecule has 0 saturated heterocycles. The van der Waals surface area contributed by atoms with Crippen LogP contribution >= 0.6 is 15.9 Å². The number of ether oxygens (including phenoxy) is 2. The van der Waals surface area contributed by atoms with Crippen LogP contribution in [-0.2, 0) is 4.79 Å². The monoisotopic (exact) mass is 377 g/mol. The molecule has 0 saturated carbocycles. The lowest BCUT2D eigenvalue weighted by atomic mass is 10.1. The summed E-state index contributed by atoms with van der Waals surface area (Å²) in [6, 6.07) is 15.0. The summed E-state index contributed by atoms with van der Waals surface area (Å²) in [6.45, 7) is 4.51. The predicted octanol–water partition coefficient (Wildman–Crippen LogP) is 4.10. The number of hydrogen-bond acceptors (Lipinski definition) is 3. The molecule has 5 heteroatoms. The van der Waals surface area contributed by atoms with Gasteiger partial charge in [0.2, 0.25) is 0 Å². The molecule has 0 aliphatic carbocycles. The van der Waals surface area contributed by atoms with E-state index in [0.29, 0.717) is 12.4 Å². The summed E-state index contributed by atoms with van der Waals surface area (Å²) in [6.07, 6.45) is 0. The maximum atomic E-state index is 12.0. The van der Waals surface area contributed by atoms with Gasteiger partial charge < -0.3 is 14.8 Å². The van der Waals surface area contributed by atoms with E-state index in [1.807, 2.05) is 62.4 Å². The van der Waals surface area contributed by atoms with Gasteiger partial charge >= 0.3 is 0 Å². The number of hydrogen-bond donors (Lipinski definition) is 1. The molecule has 122 valence electrons. The molecular weight excluding hydrogens is 358 g/mol. The zero-order valence-corrected chi connectivity index (χ0v) is 14.8. The van der Waals surface area contributed by atoms with Crippen molar-refractivity contribution in [2.75, 3.05) is 13.2 Å². The Balaban J connectivity index is 1.82.